The fourth-order valence-electron chi connectivity index (χ4n) is 3.51. The Hall–Kier alpha value is -3.13. The first-order valence-electron chi connectivity index (χ1n) is 10.1. The molecule has 0 radical (unpaired) electrons. The van der Waals surface area contributed by atoms with E-state index in [9.17, 15) is 18.0 Å². The van der Waals surface area contributed by atoms with Crippen LogP contribution >= 0.6 is 0 Å². The normalized spacial score (nSPS) is 16.4. The minimum Gasteiger partial charge on any atom is -0.497 e. The average Bonchev–Trinajstić information content (AvgIpc) is 2.97. The fourth-order valence-corrected chi connectivity index (χ4v) is 5.32. The molecular weight excluding hydrogens is 416 g/mol. The summed E-state index contributed by atoms with van der Waals surface area (Å²) in [7, 11) is -2.62. The number of carbonyl (C=O) groups excluding carboxylic acids is 2. The van der Waals surface area contributed by atoms with Crippen LogP contribution in [0.4, 0.5) is 0 Å². The summed E-state index contributed by atoms with van der Waals surface area (Å²) in [5.41, 5.74) is 1.63. The molecule has 2 aromatic rings. The second-order valence-corrected chi connectivity index (χ2v) is 9.12. The number of hydrogen-bond donors (Lipinski definition) is 1. The van der Waals surface area contributed by atoms with E-state index >= 15 is 0 Å². The predicted octanol–water partition coefficient (Wildman–Crippen LogP) is 2.91. The molecule has 0 unspecified atom stereocenters. The minimum absolute atomic E-state index is 0.0480. The lowest BCUT2D eigenvalue weighted by Gasteiger charge is -2.18. The van der Waals surface area contributed by atoms with Gasteiger partial charge >= 0.3 is 0 Å². The lowest BCUT2D eigenvalue weighted by molar-refractivity contribution is -0.128. The smallest absolute Gasteiger partial charge is 0.268 e. The predicted molar refractivity (Wildman–Crippen MR) is 119 cm³/mol. The standard InChI is InChI=1S/C23H26N2O5S/c1-4-20-22(18-10-12-19(30-3)13-11-18)31(28,29)25(23(20)27)15-21(26)24-14-16(2)17-8-6-5-7-9-17/h5-13,16H,4,14-15H2,1-3H3,(H,24,26)/t16-/m1/s1. The Kier molecular flexibility index (Phi) is 6.80. The Labute approximate surface area is 182 Å². The summed E-state index contributed by atoms with van der Waals surface area (Å²) in [6.45, 7) is 3.47. The van der Waals surface area contributed by atoms with Gasteiger partial charge in [0.2, 0.25) is 5.91 Å². The molecule has 0 saturated carbocycles. The molecule has 164 valence electrons. The van der Waals surface area contributed by atoms with Crippen molar-refractivity contribution in [3.05, 3.63) is 71.3 Å². The molecule has 8 heteroatoms. The Morgan fingerprint density at radius 3 is 2.32 bits per heavy atom. The molecule has 0 aromatic heterocycles. The van der Waals surface area contributed by atoms with Gasteiger partial charge in [-0.3, -0.25) is 9.59 Å². The van der Waals surface area contributed by atoms with E-state index in [-0.39, 0.29) is 22.8 Å². The van der Waals surface area contributed by atoms with Crippen LogP contribution in [0.5, 0.6) is 5.75 Å². The fraction of sp³-hybridized carbons (Fsp3) is 0.304. The zero-order valence-electron chi connectivity index (χ0n) is 17.8. The SMILES string of the molecule is CCC1=C(c2ccc(OC)cc2)S(=O)(=O)N(CC(=O)NC[C@@H](C)c2ccccc2)C1=O. The number of sulfonamides is 1. The summed E-state index contributed by atoms with van der Waals surface area (Å²) in [6.07, 6.45) is 0.239. The van der Waals surface area contributed by atoms with Crippen LogP contribution in [0.25, 0.3) is 4.91 Å². The largest absolute Gasteiger partial charge is 0.497 e. The Balaban J connectivity index is 1.75. The van der Waals surface area contributed by atoms with Gasteiger partial charge in [0.25, 0.3) is 15.9 Å². The van der Waals surface area contributed by atoms with Crippen molar-refractivity contribution in [3.63, 3.8) is 0 Å². The second-order valence-electron chi connectivity index (χ2n) is 7.32. The number of amides is 2. The molecular formula is C23H26N2O5S. The maximum absolute atomic E-state index is 13.2. The summed E-state index contributed by atoms with van der Waals surface area (Å²) < 4.78 is 32.1. The van der Waals surface area contributed by atoms with Crippen molar-refractivity contribution < 1.29 is 22.7 Å². The van der Waals surface area contributed by atoms with Crippen molar-refractivity contribution in [1.29, 1.82) is 0 Å². The van der Waals surface area contributed by atoms with E-state index in [1.807, 2.05) is 37.3 Å². The molecule has 1 heterocycles. The van der Waals surface area contributed by atoms with Crippen molar-refractivity contribution in [2.24, 2.45) is 0 Å². The van der Waals surface area contributed by atoms with Crippen molar-refractivity contribution >= 4 is 26.7 Å². The van der Waals surface area contributed by atoms with Crippen LogP contribution in [0.3, 0.4) is 0 Å². The highest BCUT2D eigenvalue weighted by atomic mass is 32.2. The molecule has 1 aliphatic rings. The average molecular weight is 443 g/mol. The number of nitrogens with zero attached hydrogens (tertiary/aromatic N) is 1. The van der Waals surface area contributed by atoms with E-state index in [0.29, 0.717) is 22.2 Å². The molecule has 0 aliphatic carbocycles. The summed E-state index contributed by atoms with van der Waals surface area (Å²) in [4.78, 5) is 25.3. The van der Waals surface area contributed by atoms with Crippen molar-refractivity contribution in [2.45, 2.75) is 26.2 Å². The van der Waals surface area contributed by atoms with Crippen molar-refractivity contribution in [2.75, 3.05) is 20.2 Å². The van der Waals surface area contributed by atoms with Crippen LogP contribution in [-0.2, 0) is 19.6 Å². The number of hydrogen-bond acceptors (Lipinski definition) is 5. The molecule has 2 aromatic carbocycles. The molecule has 1 N–H and O–H groups in total. The number of nitrogens with one attached hydrogen (secondary N) is 1. The van der Waals surface area contributed by atoms with Gasteiger partial charge in [-0.05, 0) is 47.7 Å². The van der Waals surface area contributed by atoms with Gasteiger partial charge in [0, 0.05) is 12.1 Å². The zero-order valence-corrected chi connectivity index (χ0v) is 18.6. The van der Waals surface area contributed by atoms with E-state index in [1.165, 1.54) is 7.11 Å². The van der Waals surface area contributed by atoms with Crippen LogP contribution in [0.1, 0.15) is 37.3 Å². The maximum atomic E-state index is 13.2. The molecule has 0 spiro atoms. The van der Waals surface area contributed by atoms with E-state index in [4.69, 9.17) is 4.74 Å². The van der Waals surface area contributed by atoms with E-state index in [2.05, 4.69) is 5.32 Å². The molecule has 0 saturated heterocycles. The molecule has 2 amide bonds. The van der Waals surface area contributed by atoms with Crippen molar-refractivity contribution in [1.82, 2.24) is 9.62 Å². The molecule has 1 atom stereocenters. The van der Waals surface area contributed by atoms with Crippen LogP contribution in [-0.4, -0.2) is 44.7 Å². The lowest BCUT2D eigenvalue weighted by Crippen LogP contribution is -2.42. The van der Waals surface area contributed by atoms with Gasteiger partial charge in [0.15, 0.2) is 0 Å². The van der Waals surface area contributed by atoms with E-state index in [0.717, 1.165) is 5.56 Å². The summed E-state index contributed by atoms with van der Waals surface area (Å²) >= 11 is 0. The molecule has 1 aliphatic heterocycles. The first-order chi connectivity index (χ1) is 14.8. The number of ether oxygens (including phenoxy) is 1. The monoisotopic (exact) mass is 442 g/mol. The summed E-state index contributed by atoms with van der Waals surface area (Å²) in [6, 6.07) is 16.1. The van der Waals surface area contributed by atoms with Crippen LogP contribution in [0.2, 0.25) is 0 Å². The van der Waals surface area contributed by atoms with Gasteiger partial charge in [-0.2, -0.15) is 0 Å². The zero-order chi connectivity index (χ0) is 22.6. The summed E-state index contributed by atoms with van der Waals surface area (Å²) in [5, 5.41) is 2.74. The Bertz CT molecular complexity index is 1090. The third-order valence-corrected chi connectivity index (χ3v) is 7.15. The number of methoxy groups -OCH3 is 1. The maximum Gasteiger partial charge on any atom is 0.268 e. The topological polar surface area (TPSA) is 92.8 Å². The third-order valence-electron chi connectivity index (χ3n) is 5.27. The van der Waals surface area contributed by atoms with Gasteiger partial charge in [-0.15, -0.1) is 0 Å². The van der Waals surface area contributed by atoms with Gasteiger partial charge in [-0.1, -0.05) is 44.2 Å². The first-order valence-corrected chi connectivity index (χ1v) is 11.5. The molecule has 3 rings (SSSR count). The van der Waals surface area contributed by atoms with Crippen LogP contribution in [0.15, 0.2) is 60.2 Å². The van der Waals surface area contributed by atoms with E-state index < -0.39 is 28.4 Å². The number of benzene rings is 2. The number of rotatable bonds is 8. The van der Waals surface area contributed by atoms with Crippen LogP contribution in [0, 0.1) is 0 Å². The molecule has 0 bridgehead atoms. The minimum atomic E-state index is -4.13. The Morgan fingerprint density at radius 2 is 1.74 bits per heavy atom. The highest BCUT2D eigenvalue weighted by Gasteiger charge is 2.44. The Morgan fingerprint density at radius 1 is 1.10 bits per heavy atom. The second kappa shape index (κ2) is 9.34. The quantitative estimate of drug-likeness (QED) is 0.679. The van der Waals surface area contributed by atoms with Crippen molar-refractivity contribution in [3.8, 4) is 5.75 Å². The lowest BCUT2D eigenvalue weighted by atomic mass is 10.0. The van der Waals surface area contributed by atoms with Gasteiger partial charge < -0.3 is 10.1 Å². The van der Waals surface area contributed by atoms with Crippen LogP contribution < -0.4 is 10.1 Å². The summed E-state index contributed by atoms with van der Waals surface area (Å²) in [5.74, 6) is -0.547. The highest BCUT2D eigenvalue weighted by molar-refractivity contribution is 7.99. The first kappa shape index (κ1) is 22.6. The highest BCUT2D eigenvalue weighted by Crippen LogP contribution is 2.37. The molecule has 31 heavy (non-hydrogen) atoms. The number of carbonyl (C=O) groups is 2. The van der Waals surface area contributed by atoms with Gasteiger partial charge in [0.05, 0.1) is 7.11 Å². The van der Waals surface area contributed by atoms with Gasteiger partial charge in [-0.25, -0.2) is 12.7 Å². The third kappa shape index (κ3) is 4.64. The van der Waals surface area contributed by atoms with E-state index in [1.54, 1.807) is 31.2 Å². The molecule has 7 nitrogen and oxygen atoms in total. The van der Waals surface area contributed by atoms with Gasteiger partial charge in [0.1, 0.15) is 17.2 Å². The molecule has 0 fully saturated rings.